The lowest BCUT2D eigenvalue weighted by Gasteiger charge is -2.29. The largest absolute Gasteiger partial charge is 0.352 e. The fraction of sp³-hybridized carbons (Fsp3) is 0.750. The van der Waals surface area contributed by atoms with Crippen molar-refractivity contribution in [3.05, 3.63) is 5.01 Å². The Labute approximate surface area is 116 Å². The molecule has 1 fully saturated rings. The van der Waals surface area contributed by atoms with Gasteiger partial charge in [-0.25, -0.2) is 0 Å². The minimum Gasteiger partial charge on any atom is -0.352 e. The normalized spacial score (nSPS) is 23.9. The van der Waals surface area contributed by atoms with Gasteiger partial charge >= 0.3 is 0 Å². The Bertz CT molecular complexity index is 408. The first-order chi connectivity index (χ1) is 8.65. The number of rotatable bonds is 4. The third-order valence-electron chi connectivity index (χ3n) is 3.29. The van der Waals surface area contributed by atoms with Crippen molar-refractivity contribution in [2.45, 2.75) is 49.9 Å². The Morgan fingerprint density at radius 1 is 1.44 bits per heavy atom. The van der Waals surface area contributed by atoms with Gasteiger partial charge < -0.3 is 5.32 Å². The van der Waals surface area contributed by atoms with Crippen LogP contribution in [0.2, 0.25) is 0 Å². The first kappa shape index (κ1) is 13.8. The van der Waals surface area contributed by atoms with Crippen LogP contribution in [0.15, 0.2) is 4.34 Å². The molecule has 100 valence electrons. The van der Waals surface area contributed by atoms with E-state index in [9.17, 15) is 4.79 Å². The van der Waals surface area contributed by atoms with E-state index in [1.165, 1.54) is 42.4 Å². The van der Waals surface area contributed by atoms with Crippen LogP contribution < -0.4 is 5.32 Å². The van der Waals surface area contributed by atoms with E-state index in [-0.39, 0.29) is 5.91 Å². The van der Waals surface area contributed by atoms with Crippen LogP contribution in [0.25, 0.3) is 0 Å². The van der Waals surface area contributed by atoms with Crippen molar-refractivity contribution in [1.29, 1.82) is 0 Å². The SMILES string of the molecule is Cc1nnc(SCC(=O)N[C@@H]2CCCC[C@@H]2C)s1. The molecule has 0 aliphatic heterocycles. The number of thioether (sulfide) groups is 1. The summed E-state index contributed by atoms with van der Waals surface area (Å²) in [4.78, 5) is 11.9. The van der Waals surface area contributed by atoms with E-state index in [0.717, 1.165) is 15.8 Å². The Hall–Kier alpha value is -0.620. The molecule has 1 amide bonds. The van der Waals surface area contributed by atoms with Crippen molar-refractivity contribution in [3.8, 4) is 0 Å². The molecule has 0 unspecified atom stereocenters. The lowest BCUT2D eigenvalue weighted by molar-refractivity contribution is -0.119. The van der Waals surface area contributed by atoms with Crippen molar-refractivity contribution in [3.63, 3.8) is 0 Å². The molecule has 1 heterocycles. The van der Waals surface area contributed by atoms with Gasteiger partial charge in [0.1, 0.15) is 5.01 Å². The van der Waals surface area contributed by atoms with Gasteiger partial charge in [-0.1, -0.05) is 42.9 Å². The van der Waals surface area contributed by atoms with Gasteiger partial charge in [-0.15, -0.1) is 10.2 Å². The lowest BCUT2D eigenvalue weighted by atomic mass is 9.86. The van der Waals surface area contributed by atoms with E-state index in [1.54, 1.807) is 0 Å². The fourth-order valence-corrected chi connectivity index (χ4v) is 3.87. The van der Waals surface area contributed by atoms with Gasteiger partial charge in [-0.2, -0.15) is 0 Å². The van der Waals surface area contributed by atoms with Gasteiger partial charge in [0, 0.05) is 6.04 Å². The molecule has 1 aromatic heterocycles. The molecule has 0 aromatic carbocycles. The number of amides is 1. The minimum atomic E-state index is 0.117. The summed E-state index contributed by atoms with van der Waals surface area (Å²) >= 11 is 3.01. The van der Waals surface area contributed by atoms with Crippen LogP contribution in [-0.2, 0) is 4.79 Å². The number of nitrogens with zero attached hydrogens (tertiary/aromatic N) is 2. The molecule has 1 saturated carbocycles. The van der Waals surface area contributed by atoms with Crippen molar-refractivity contribution < 1.29 is 4.79 Å². The number of hydrogen-bond donors (Lipinski definition) is 1. The Morgan fingerprint density at radius 2 is 2.22 bits per heavy atom. The number of aryl methyl sites for hydroxylation is 1. The highest BCUT2D eigenvalue weighted by Gasteiger charge is 2.22. The molecule has 1 aromatic rings. The molecule has 4 nitrogen and oxygen atoms in total. The van der Waals surface area contributed by atoms with Crippen LogP contribution in [0.4, 0.5) is 0 Å². The zero-order valence-corrected chi connectivity index (χ0v) is 12.4. The van der Waals surface area contributed by atoms with Crippen LogP contribution in [0.3, 0.4) is 0 Å². The Morgan fingerprint density at radius 3 is 2.89 bits per heavy atom. The molecule has 2 atom stereocenters. The number of aromatic nitrogens is 2. The summed E-state index contributed by atoms with van der Waals surface area (Å²) in [5.74, 6) is 1.17. The molecule has 0 bridgehead atoms. The second kappa shape index (κ2) is 6.52. The summed E-state index contributed by atoms with van der Waals surface area (Å²) in [5.41, 5.74) is 0. The zero-order chi connectivity index (χ0) is 13.0. The highest BCUT2D eigenvalue weighted by Crippen LogP contribution is 2.25. The third-order valence-corrected chi connectivity index (χ3v) is 5.26. The molecular weight excluding hydrogens is 266 g/mol. The maximum atomic E-state index is 11.9. The number of hydrogen-bond acceptors (Lipinski definition) is 5. The van der Waals surface area contributed by atoms with Gasteiger partial charge in [-0.3, -0.25) is 4.79 Å². The van der Waals surface area contributed by atoms with Gasteiger partial charge in [0.25, 0.3) is 0 Å². The summed E-state index contributed by atoms with van der Waals surface area (Å²) in [6.07, 6.45) is 4.88. The van der Waals surface area contributed by atoms with E-state index < -0.39 is 0 Å². The first-order valence-corrected chi connectivity index (χ1v) is 8.17. The second-order valence-corrected chi connectivity index (χ2v) is 7.22. The average Bonchev–Trinajstić information content (AvgIpc) is 2.76. The first-order valence-electron chi connectivity index (χ1n) is 6.37. The van der Waals surface area contributed by atoms with Crippen LogP contribution in [-0.4, -0.2) is 27.9 Å². The molecule has 1 N–H and O–H groups in total. The molecule has 0 saturated heterocycles. The average molecular weight is 285 g/mol. The van der Waals surface area contributed by atoms with Crippen molar-refractivity contribution in [2.24, 2.45) is 5.92 Å². The van der Waals surface area contributed by atoms with Crippen molar-refractivity contribution in [2.75, 3.05) is 5.75 Å². The standard InChI is InChI=1S/C12H19N3OS2/c1-8-5-3-4-6-10(8)13-11(16)7-17-12-15-14-9(2)18-12/h8,10H,3-7H2,1-2H3,(H,13,16)/t8-,10+/m0/s1. The van der Waals surface area contributed by atoms with Gasteiger partial charge in [0.15, 0.2) is 4.34 Å². The smallest absolute Gasteiger partial charge is 0.230 e. The highest BCUT2D eigenvalue weighted by molar-refractivity contribution is 8.01. The third kappa shape index (κ3) is 3.95. The summed E-state index contributed by atoms with van der Waals surface area (Å²) in [6.45, 7) is 4.15. The van der Waals surface area contributed by atoms with Crippen molar-refractivity contribution in [1.82, 2.24) is 15.5 Å². The molecule has 6 heteroatoms. The molecule has 0 spiro atoms. The van der Waals surface area contributed by atoms with Crippen LogP contribution in [0.1, 0.15) is 37.6 Å². The van der Waals surface area contributed by atoms with E-state index in [4.69, 9.17) is 0 Å². The number of carbonyl (C=O) groups is 1. The maximum absolute atomic E-state index is 11.9. The molecule has 1 aliphatic rings. The lowest BCUT2D eigenvalue weighted by Crippen LogP contribution is -2.41. The molecule has 18 heavy (non-hydrogen) atoms. The van der Waals surface area contributed by atoms with Crippen LogP contribution >= 0.6 is 23.1 Å². The fourth-order valence-electron chi connectivity index (χ4n) is 2.24. The zero-order valence-electron chi connectivity index (χ0n) is 10.8. The van der Waals surface area contributed by atoms with E-state index in [2.05, 4.69) is 22.4 Å². The van der Waals surface area contributed by atoms with E-state index >= 15 is 0 Å². The van der Waals surface area contributed by atoms with Crippen LogP contribution in [0, 0.1) is 12.8 Å². The summed E-state index contributed by atoms with van der Waals surface area (Å²) in [7, 11) is 0. The molecule has 0 radical (unpaired) electrons. The topological polar surface area (TPSA) is 54.9 Å². The van der Waals surface area contributed by atoms with E-state index in [0.29, 0.717) is 17.7 Å². The summed E-state index contributed by atoms with van der Waals surface area (Å²) < 4.78 is 0.874. The molecule has 1 aliphatic carbocycles. The van der Waals surface area contributed by atoms with Crippen molar-refractivity contribution >= 4 is 29.0 Å². The maximum Gasteiger partial charge on any atom is 0.230 e. The van der Waals surface area contributed by atoms with Crippen LogP contribution in [0.5, 0.6) is 0 Å². The Balaban J connectivity index is 1.74. The predicted octanol–water partition coefficient (Wildman–Crippen LogP) is 2.63. The van der Waals surface area contributed by atoms with E-state index in [1.807, 2.05) is 6.92 Å². The van der Waals surface area contributed by atoms with Gasteiger partial charge in [0.05, 0.1) is 5.75 Å². The number of carbonyl (C=O) groups excluding carboxylic acids is 1. The Kier molecular flexibility index (Phi) is 5.00. The monoisotopic (exact) mass is 285 g/mol. The summed E-state index contributed by atoms with van der Waals surface area (Å²) in [6, 6.07) is 0.364. The molecule has 2 rings (SSSR count). The predicted molar refractivity (Wildman–Crippen MR) is 74.9 cm³/mol. The highest BCUT2D eigenvalue weighted by atomic mass is 32.2. The van der Waals surface area contributed by atoms with Gasteiger partial charge in [-0.05, 0) is 25.7 Å². The van der Waals surface area contributed by atoms with Gasteiger partial charge in [0.2, 0.25) is 5.91 Å². The number of nitrogens with one attached hydrogen (secondary N) is 1. The minimum absolute atomic E-state index is 0.117. The molecular formula is C12H19N3OS2. The second-order valence-electron chi connectivity index (χ2n) is 4.81. The quantitative estimate of drug-likeness (QED) is 0.864. The summed E-state index contributed by atoms with van der Waals surface area (Å²) in [5, 5.41) is 12.0.